The van der Waals surface area contributed by atoms with Crippen LogP contribution in [0.3, 0.4) is 0 Å². The van der Waals surface area contributed by atoms with Crippen LogP contribution >= 0.6 is 0 Å². The number of hydrogen-bond acceptors (Lipinski definition) is 8. The molecule has 2 aliphatic rings. The van der Waals surface area contributed by atoms with E-state index in [0.29, 0.717) is 37.7 Å². The molecule has 2 fully saturated rings. The molecule has 1 aliphatic heterocycles. The van der Waals surface area contributed by atoms with E-state index >= 15 is 0 Å². The molecule has 1 atom stereocenters. The summed E-state index contributed by atoms with van der Waals surface area (Å²) >= 11 is 0. The number of rotatable bonds is 8. The summed E-state index contributed by atoms with van der Waals surface area (Å²) in [7, 11) is 1.31. The molecule has 2 amide bonds. The quantitative estimate of drug-likeness (QED) is 0.547. The number of oxazole rings is 1. The summed E-state index contributed by atoms with van der Waals surface area (Å²) in [6.45, 7) is 4.05. The SMILES string of the molecule is CC.COC(=O)N1CCN(C(=O)c2nc(-c3ccc(OC(F)F)c(OCC4CC4)c3)oc2CN)CC1C. The Bertz CT molecular complexity index is 1080. The lowest BCUT2D eigenvalue weighted by Crippen LogP contribution is -2.55. The number of halogens is 2. The number of nitrogens with zero attached hydrogens (tertiary/aromatic N) is 3. The summed E-state index contributed by atoms with van der Waals surface area (Å²) in [5.41, 5.74) is 6.30. The predicted molar refractivity (Wildman–Crippen MR) is 131 cm³/mol. The number of alkyl halides is 2. The molecule has 2 N–H and O–H groups in total. The van der Waals surface area contributed by atoms with Crippen molar-refractivity contribution in [3.63, 3.8) is 0 Å². The molecule has 0 spiro atoms. The van der Waals surface area contributed by atoms with Crippen molar-refractivity contribution in [2.45, 2.75) is 52.8 Å². The van der Waals surface area contributed by atoms with Gasteiger partial charge in [-0.2, -0.15) is 8.78 Å². The molecule has 0 radical (unpaired) electrons. The van der Waals surface area contributed by atoms with Gasteiger partial charge >= 0.3 is 12.7 Å². The van der Waals surface area contributed by atoms with Crippen LogP contribution in [-0.2, 0) is 11.3 Å². The van der Waals surface area contributed by atoms with E-state index in [1.165, 1.54) is 25.3 Å². The van der Waals surface area contributed by atoms with E-state index in [1.807, 2.05) is 20.8 Å². The first-order chi connectivity index (χ1) is 17.8. The van der Waals surface area contributed by atoms with Crippen molar-refractivity contribution < 1.29 is 37.0 Å². The number of carbonyl (C=O) groups excluding carboxylic acids is 2. The van der Waals surface area contributed by atoms with Crippen LogP contribution < -0.4 is 15.2 Å². The third kappa shape index (κ3) is 6.88. The Balaban J connectivity index is 0.00000186. The Morgan fingerprint density at radius 3 is 2.54 bits per heavy atom. The third-order valence-corrected chi connectivity index (χ3v) is 5.99. The Kier molecular flexibility index (Phi) is 9.67. The average molecular weight is 525 g/mol. The first kappa shape index (κ1) is 28.2. The van der Waals surface area contributed by atoms with E-state index < -0.39 is 12.7 Å². The fraction of sp³-hybridized carbons (Fsp3) is 0.560. The van der Waals surface area contributed by atoms with Gasteiger partial charge in [-0.25, -0.2) is 9.78 Å². The molecular weight excluding hydrogens is 490 g/mol. The zero-order valence-electron chi connectivity index (χ0n) is 21.5. The summed E-state index contributed by atoms with van der Waals surface area (Å²) in [6, 6.07) is 4.10. The summed E-state index contributed by atoms with van der Waals surface area (Å²) in [5, 5.41) is 0. The molecule has 1 unspecified atom stereocenters. The van der Waals surface area contributed by atoms with Crippen molar-refractivity contribution in [3.05, 3.63) is 29.7 Å². The fourth-order valence-corrected chi connectivity index (χ4v) is 3.90. The van der Waals surface area contributed by atoms with Gasteiger partial charge in [0.05, 0.1) is 20.3 Å². The van der Waals surface area contributed by atoms with E-state index in [9.17, 15) is 18.4 Å². The van der Waals surface area contributed by atoms with Gasteiger partial charge in [-0.15, -0.1) is 0 Å². The minimum atomic E-state index is -3.00. The van der Waals surface area contributed by atoms with Crippen LogP contribution in [0, 0.1) is 5.92 Å². The van der Waals surface area contributed by atoms with Gasteiger partial charge in [-0.1, -0.05) is 13.8 Å². The van der Waals surface area contributed by atoms with Gasteiger partial charge in [-0.3, -0.25) is 4.79 Å². The Morgan fingerprint density at radius 2 is 1.95 bits per heavy atom. The van der Waals surface area contributed by atoms with E-state index in [2.05, 4.69) is 9.72 Å². The Labute approximate surface area is 214 Å². The maximum Gasteiger partial charge on any atom is 0.409 e. The van der Waals surface area contributed by atoms with Crippen molar-refractivity contribution in [3.8, 4) is 23.0 Å². The number of methoxy groups -OCH3 is 1. The largest absolute Gasteiger partial charge is 0.489 e. The molecule has 1 aliphatic carbocycles. The summed E-state index contributed by atoms with van der Waals surface area (Å²) in [4.78, 5) is 32.6. The minimum absolute atomic E-state index is 0.0644. The lowest BCUT2D eigenvalue weighted by molar-refractivity contribution is -0.0515. The van der Waals surface area contributed by atoms with Gasteiger partial charge in [0.15, 0.2) is 23.0 Å². The number of amides is 2. The Hall–Kier alpha value is -3.41. The summed E-state index contributed by atoms with van der Waals surface area (Å²) < 4.78 is 46.5. The van der Waals surface area contributed by atoms with Gasteiger partial charge in [-0.05, 0) is 43.9 Å². The molecule has 2 heterocycles. The number of benzene rings is 1. The van der Waals surface area contributed by atoms with Gasteiger partial charge in [0.1, 0.15) is 0 Å². The van der Waals surface area contributed by atoms with E-state index in [0.717, 1.165) is 12.8 Å². The lowest BCUT2D eigenvalue weighted by atomic mass is 10.2. The predicted octanol–water partition coefficient (Wildman–Crippen LogP) is 4.13. The highest BCUT2D eigenvalue weighted by molar-refractivity contribution is 5.94. The van der Waals surface area contributed by atoms with Crippen LogP contribution in [-0.4, -0.2) is 72.8 Å². The molecule has 2 aromatic rings. The van der Waals surface area contributed by atoms with Crippen LogP contribution in [0.15, 0.2) is 22.6 Å². The van der Waals surface area contributed by atoms with Crippen molar-refractivity contribution in [1.29, 1.82) is 0 Å². The number of ether oxygens (including phenoxy) is 3. The monoisotopic (exact) mass is 524 g/mol. The van der Waals surface area contributed by atoms with Crippen molar-refractivity contribution in [1.82, 2.24) is 14.8 Å². The smallest absolute Gasteiger partial charge is 0.409 e. The van der Waals surface area contributed by atoms with Crippen molar-refractivity contribution in [2.75, 3.05) is 33.4 Å². The molecule has 1 aromatic heterocycles. The molecule has 37 heavy (non-hydrogen) atoms. The molecule has 204 valence electrons. The first-order valence-corrected chi connectivity index (χ1v) is 12.4. The number of carbonyl (C=O) groups is 2. The zero-order chi connectivity index (χ0) is 27.1. The normalized spacial score (nSPS) is 17.2. The van der Waals surface area contributed by atoms with E-state index in [1.54, 1.807) is 9.80 Å². The highest BCUT2D eigenvalue weighted by atomic mass is 19.3. The third-order valence-electron chi connectivity index (χ3n) is 5.99. The van der Waals surface area contributed by atoms with Gasteiger partial charge < -0.3 is 34.2 Å². The van der Waals surface area contributed by atoms with E-state index in [4.69, 9.17) is 19.6 Å². The first-order valence-electron chi connectivity index (χ1n) is 12.4. The molecule has 1 aromatic carbocycles. The number of aromatic nitrogens is 1. The molecule has 0 bridgehead atoms. The van der Waals surface area contributed by atoms with E-state index in [-0.39, 0.29) is 47.3 Å². The minimum Gasteiger partial charge on any atom is -0.489 e. The standard InChI is InChI=1S/C23H28F2N4O6.C2H6/c1-13-11-28(7-8-29(13)23(31)32-2)21(30)19-18(10-26)34-20(27-19)15-5-6-16(35-22(24)25)17(9-15)33-12-14-3-4-14;1-2/h5-6,9,13-14,22H,3-4,7-8,10-12,26H2,1-2H3;1-2H3. The number of nitrogens with two attached hydrogens (primary N) is 1. The second kappa shape index (κ2) is 12.7. The van der Waals surface area contributed by atoms with Crippen LogP contribution in [0.1, 0.15) is 49.9 Å². The second-order valence-electron chi connectivity index (χ2n) is 8.55. The highest BCUT2D eigenvalue weighted by Gasteiger charge is 2.33. The molecule has 10 nitrogen and oxygen atoms in total. The van der Waals surface area contributed by atoms with Gasteiger partial charge in [0.25, 0.3) is 5.91 Å². The number of piperazine rings is 1. The van der Waals surface area contributed by atoms with Gasteiger partial charge in [0.2, 0.25) is 5.89 Å². The van der Waals surface area contributed by atoms with Crippen molar-refractivity contribution >= 4 is 12.0 Å². The van der Waals surface area contributed by atoms with Crippen LogP contribution in [0.25, 0.3) is 11.5 Å². The fourth-order valence-electron chi connectivity index (χ4n) is 3.90. The lowest BCUT2D eigenvalue weighted by Gasteiger charge is -2.38. The molecule has 1 saturated heterocycles. The van der Waals surface area contributed by atoms with Gasteiger partial charge in [0, 0.05) is 31.2 Å². The molecule has 4 rings (SSSR count). The molecular formula is C25H34F2N4O6. The van der Waals surface area contributed by atoms with Crippen LogP contribution in [0.2, 0.25) is 0 Å². The molecule has 12 heteroatoms. The van der Waals surface area contributed by atoms with Crippen LogP contribution in [0.4, 0.5) is 13.6 Å². The van der Waals surface area contributed by atoms with Crippen molar-refractivity contribution in [2.24, 2.45) is 11.7 Å². The second-order valence-corrected chi connectivity index (χ2v) is 8.55. The maximum absolute atomic E-state index is 13.2. The zero-order valence-corrected chi connectivity index (χ0v) is 21.5. The summed E-state index contributed by atoms with van der Waals surface area (Å²) in [6.07, 6.45) is 1.61. The summed E-state index contributed by atoms with van der Waals surface area (Å²) in [5.74, 6) is 0.373. The molecule has 1 saturated carbocycles. The topological polar surface area (TPSA) is 120 Å². The Morgan fingerprint density at radius 1 is 1.22 bits per heavy atom. The highest BCUT2D eigenvalue weighted by Crippen LogP contribution is 2.36. The number of hydrogen-bond donors (Lipinski definition) is 1. The average Bonchev–Trinajstić information content (AvgIpc) is 3.64. The van der Waals surface area contributed by atoms with Crippen LogP contribution in [0.5, 0.6) is 11.5 Å². The maximum atomic E-state index is 13.2.